The fourth-order valence-electron chi connectivity index (χ4n) is 4.13. The van der Waals surface area contributed by atoms with Crippen LogP contribution in [0.25, 0.3) is 0 Å². The maximum absolute atomic E-state index is 6.28. The fourth-order valence-corrected chi connectivity index (χ4v) is 4.13. The largest absolute Gasteiger partial charge is 0.453 e. The topological polar surface area (TPSA) is 12.5 Å². The average molecular weight is 327 g/mol. The van der Waals surface area contributed by atoms with Crippen molar-refractivity contribution in [3.8, 4) is 11.5 Å². The molecule has 0 aliphatic carbocycles. The average Bonchev–Trinajstić information content (AvgIpc) is 2.66. The van der Waals surface area contributed by atoms with Crippen molar-refractivity contribution in [2.24, 2.45) is 0 Å². The van der Waals surface area contributed by atoms with E-state index >= 15 is 0 Å². The van der Waals surface area contributed by atoms with Crippen LogP contribution in [0, 0.1) is 0 Å². The van der Waals surface area contributed by atoms with Gasteiger partial charge in [0.1, 0.15) is 0 Å². The molecule has 2 heterocycles. The van der Waals surface area contributed by atoms with Crippen LogP contribution in [0.15, 0.2) is 54.6 Å². The summed E-state index contributed by atoms with van der Waals surface area (Å²) in [6.07, 6.45) is 3.03. The Morgan fingerprint density at radius 2 is 1.64 bits per heavy atom. The number of anilines is 3. The van der Waals surface area contributed by atoms with Gasteiger partial charge in [-0.15, -0.1) is 0 Å². The van der Waals surface area contributed by atoms with Gasteiger partial charge in [0.2, 0.25) is 0 Å². The van der Waals surface area contributed by atoms with Gasteiger partial charge in [-0.1, -0.05) is 50.2 Å². The molecule has 0 atom stereocenters. The van der Waals surface area contributed by atoms with Crippen LogP contribution < -0.4 is 9.64 Å². The summed E-state index contributed by atoms with van der Waals surface area (Å²) >= 11 is 0. The van der Waals surface area contributed by atoms with Crippen LogP contribution in [0.1, 0.15) is 36.1 Å². The maximum Gasteiger partial charge on any atom is 0.151 e. The molecular weight excluding hydrogens is 306 g/mol. The highest BCUT2D eigenvalue weighted by Crippen LogP contribution is 2.56. The number of rotatable bonds is 2. The van der Waals surface area contributed by atoms with Crippen LogP contribution in [0.4, 0.5) is 17.1 Å². The lowest BCUT2D eigenvalue weighted by atomic mass is 9.91. The molecule has 2 aliphatic rings. The van der Waals surface area contributed by atoms with E-state index in [4.69, 9.17) is 4.74 Å². The van der Waals surface area contributed by atoms with E-state index in [1.165, 1.54) is 39.3 Å². The molecule has 0 fully saturated rings. The van der Waals surface area contributed by atoms with Crippen LogP contribution >= 0.6 is 0 Å². The molecule has 124 valence electrons. The van der Waals surface area contributed by atoms with Gasteiger partial charge >= 0.3 is 0 Å². The molecule has 2 nitrogen and oxygen atoms in total. The summed E-state index contributed by atoms with van der Waals surface area (Å²) in [6.45, 7) is 4.43. The molecule has 0 unspecified atom stereocenters. The van der Waals surface area contributed by atoms with Crippen LogP contribution in [0.5, 0.6) is 11.5 Å². The third kappa shape index (κ3) is 2.03. The lowest BCUT2D eigenvalue weighted by Crippen LogP contribution is -2.23. The standard InChI is InChI=1S/C23H21NO/c1-3-15-11-12-19-18(13-15)14-17-8-6-10-21-23(17)24(19)22-16(4-2)7-5-9-20(22)25-21/h5-13H,3-4,14H2,1-2H3. The molecule has 0 N–H and O–H groups in total. The first-order valence-electron chi connectivity index (χ1n) is 9.13. The third-order valence-electron chi connectivity index (χ3n) is 5.39. The SMILES string of the molecule is CCc1ccc2c(c1)Cc1cccc3c1N2c1c(CC)cccc1O3. The molecule has 3 aromatic rings. The Morgan fingerprint density at radius 3 is 2.44 bits per heavy atom. The van der Waals surface area contributed by atoms with Crippen LogP contribution in [-0.2, 0) is 19.3 Å². The Hall–Kier alpha value is -2.74. The van der Waals surface area contributed by atoms with Gasteiger partial charge in [-0.3, -0.25) is 0 Å². The molecular formula is C23H21NO. The molecule has 0 saturated carbocycles. The second-order valence-electron chi connectivity index (χ2n) is 6.81. The molecule has 0 radical (unpaired) electrons. The Kier molecular flexibility index (Phi) is 3.14. The van der Waals surface area contributed by atoms with E-state index in [1.54, 1.807) is 0 Å². The van der Waals surface area contributed by atoms with E-state index < -0.39 is 0 Å². The van der Waals surface area contributed by atoms with Crippen molar-refractivity contribution >= 4 is 17.1 Å². The molecule has 0 bridgehead atoms. The summed E-state index contributed by atoms with van der Waals surface area (Å²) in [5.41, 5.74) is 9.18. The number of fused-ring (bicyclic) bond motifs is 4. The molecule has 0 saturated heterocycles. The number of ether oxygens (including phenoxy) is 1. The normalized spacial score (nSPS) is 13.6. The minimum Gasteiger partial charge on any atom is -0.453 e. The van der Waals surface area contributed by atoms with Crippen molar-refractivity contribution < 1.29 is 4.74 Å². The molecule has 2 heteroatoms. The Balaban J connectivity index is 1.83. The zero-order valence-electron chi connectivity index (χ0n) is 14.7. The highest BCUT2D eigenvalue weighted by atomic mass is 16.5. The third-order valence-corrected chi connectivity index (χ3v) is 5.39. The molecule has 25 heavy (non-hydrogen) atoms. The maximum atomic E-state index is 6.28. The van der Waals surface area contributed by atoms with Gasteiger partial charge in [-0.05, 0) is 53.3 Å². The first-order valence-corrected chi connectivity index (χ1v) is 9.13. The first kappa shape index (κ1) is 14.6. The predicted octanol–water partition coefficient (Wildman–Crippen LogP) is 6.29. The van der Waals surface area contributed by atoms with Crippen LogP contribution in [0.3, 0.4) is 0 Å². The number of hydrogen-bond acceptors (Lipinski definition) is 2. The van der Waals surface area contributed by atoms with Crippen molar-refractivity contribution in [2.75, 3.05) is 4.90 Å². The van der Waals surface area contributed by atoms with Crippen LogP contribution in [0.2, 0.25) is 0 Å². The first-order chi connectivity index (χ1) is 12.3. The van der Waals surface area contributed by atoms with E-state index in [1.807, 2.05) is 0 Å². The molecule has 3 aromatic carbocycles. The van der Waals surface area contributed by atoms with E-state index in [0.29, 0.717) is 0 Å². The molecule has 0 amide bonds. The van der Waals surface area contributed by atoms with Crippen molar-refractivity contribution in [1.82, 2.24) is 0 Å². The van der Waals surface area contributed by atoms with Crippen molar-refractivity contribution in [2.45, 2.75) is 33.1 Å². The van der Waals surface area contributed by atoms with Gasteiger partial charge in [0, 0.05) is 12.1 Å². The molecule has 2 aliphatic heterocycles. The number of aryl methyl sites for hydroxylation is 2. The zero-order chi connectivity index (χ0) is 17.0. The van der Waals surface area contributed by atoms with Gasteiger partial charge in [0.15, 0.2) is 11.5 Å². The van der Waals surface area contributed by atoms with E-state index in [9.17, 15) is 0 Å². The van der Waals surface area contributed by atoms with Gasteiger partial charge in [-0.25, -0.2) is 0 Å². The summed E-state index contributed by atoms with van der Waals surface area (Å²) < 4.78 is 6.28. The summed E-state index contributed by atoms with van der Waals surface area (Å²) in [4.78, 5) is 2.43. The second-order valence-corrected chi connectivity index (χ2v) is 6.81. The lowest BCUT2D eigenvalue weighted by Gasteiger charge is -2.39. The van der Waals surface area contributed by atoms with Gasteiger partial charge in [-0.2, -0.15) is 0 Å². The van der Waals surface area contributed by atoms with Crippen molar-refractivity contribution in [1.29, 1.82) is 0 Å². The Bertz CT molecular complexity index is 989. The highest BCUT2D eigenvalue weighted by Gasteiger charge is 2.33. The fraction of sp³-hybridized carbons (Fsp3) is 0.217. The van der Waals surface area contributed by atoms with Gasteiger partial charge < -0.3 is 9.64 Å². The minimum atomic E-state index is 0.955. The van der Waals surface area contributed by atoms with E-state index in [2.05, 4.69) is 73.3 Å². The molecule has 0 aromatic heterocycles. The zero-order valence-corrected chi connectivity index (χ0v) is 14.7. The summed E-state index contributed by atoms with van der Waals surface area (Å²) in [5.74, 6) is 1.92. The van der Waals surface area contributed by atoms with E-state index in [-0.39, 0.29) is 0 Å². The monoisotopic (exact) mass is 327 g/mol. The number of para-hydroxylation sites is 2. The number of benzene rings is 3. The molecule has 5 rings (SSSR count). The van der Waals surface area contributed by atoms with Crippen LogP contribution in [-0.4, -0.2) is 0 Å². The Labute approximate surface area is 148 Å². The summed E-state index contributed by atoms with van der Waals surface area (Å²) in [7, 11) is 0. The summed E-state index contributed by atoms with van der Waals surface area (Å²) in [5, 5.41) is 0. The summed E-state index contributed by atoms with van der Waals surface area (Å²) in [6, 6.07) is 19.7. The van der Waals surface area contributed by atoms with Crippen molar-refractivity contribution in [3.63, 3.8) is 0 Å². The molecule has 0 spiro atoms. The lowest BCUT2D eigenvalue weighted by molar-refractivity contribution is 0.475. The Morgan fingerprint density at radius 1 is 0.840 bits per heavy atom. The highest BCUT2D eigenvalue weighted by molar-refractivity contribution is 5.92. The predicted molar refractivity (Wildman–Crippen MR) is 103 cm³/mol. The number of nitrogens with zero attached hydrogens (tertiary/aromatic N) is 1. The second kappa shape index (κ2) is 5.38. The van der Waals surface area contributed by atoms with E-state index in [0.717, 1.165) is 30.8 Å². The smallest absolute Gasteiger partial charge is 0.151 e. The minimum absolute atomic E-state index is 0.955. The van der Waals surface area contributed by atoms with Gasteiger partial charge in [0.05, 0.1) is 11.4 Å². The van der Waals surface area contributed by atoms with Gasteiger partial charge in [0.25, 0.3) is 0 Å². The number of hydrogen-bond donors (Lipinski definition) is 0. The quantitative estimate of drug-likeness (QED) is 0.378. The van der Waals surface area contributed by atoms with Crippen molar-refractivity contribution in [3.05, 3.63) is 76.9 Å².